The SMILES string of the molecule is CCCCCCc1csc(-c2sc(-c3sc(-c4ccc(-c5cc(CCCCCC)c(-c6cc(CCCCCC)c(-c7cc(CCCCCC)cs7)s6)s5)c5nsnc45)cc3CCCCCC)cc2CCCCCC)c1. The summed E-state index contributed by atoms with van der Waals surface area (Å²) in [7, 11) is 0. The Kier molecular flexibility index (Phi) is 24.2. The first-order valence-electron chi connectivity index (χ1n) is 29.9. The lowest BCUT2D eigenvalue weighted by Gasteiger charge is -2.03. The minimum atomic E-state index is 1.06. The summed E-state index contributed by atoms with van der Waals surface area (Å²) < 4.78 is 10.3. The second-order valence-electron chi connectivity index (χ2n) is 21.5. The predicted octanol–water partition coefficient (Wildman–Crippen LogP) is 24.8. The van der Waals surface area contributed by atoms with Gasteiger partial charge in [-0.05, 0) is 158 Å². The molecule has 404 valence electrons. The number of fused-ring (bicyclic) bond motifs is 1. The molecule has 75 heavy (non-hydrogen) atoms. The van der Waals surface area contributed by atoms with Crippen molar-refractivity contribution in [1.29, 1.82) is 0 Å². The topological polar surface area (TPSA) is 25.8 Å². The van der Waals surface area contributed by atoms with E-state index in [0.29, 0.717) is 0 Å². The number of benzene rings is 1. The van der Waals surface area contributed by atoms with Gasteiger partial charge in [0.2, 0.25) is 0 Å². The van der Waals surface area contributed by atoms with Crippen molar-refractivity contribution >= 4 is 90.8 Å². The molecule has 0 atom stereocenters. The van der Waals surface area contributed by atoms with Gasteiger partial charge in [0.05, 0.1) is 11.7 Å². The van der Waals surface area contributed by atoms with E-state index in [4.69, 9.17) is 8.75 Å². The van der Waals surface area contributed by atoms with E-state index < -0.39 is 0 Å². The van der Waals surface area contributed by atoms with Crippen molar-refractivity contribution < 1.29 is 0 Å². The molecule has 8 rings (SSSR count). The van der Waals surface area contributed by atoms with Crippen molar-refractivity contribution in [2.24, 2.45) is 0 Å². The van der Waals surface area contributed by atoms with Crippen LogP contribution < -0.4 is 0 Å². The Hall–Kier alpha value is -2.76. The number of aryl methyl sites for hydroxylation is 6. The van der Waals surface area contributed by atoms with Crippen molar-refractivity contribution in [3.8, 4) is 59.9 Å². The van der Waals surface area contributed by atoms with Crippen molar-refractivity contribution in [2.45, 2.75) is 234 Å². The molecule has 0 unspecified atom stereocenters. The molecule has 8 aromatic rings. The molecule has 0 saturated carbocycles. The molecule has 0 aliphatic rings. The van der Waals surface area contributed by atoms with Gasteiger partial charge in [0.25, 0.3) is 0 Å². The molecule has 0 N–H and O–H groups in total. The quantitative estimate of drug-likeness (QED) is 0.0366. The summed E-state index contributed by atoms with van der Waals surface area (Å²) in [5.41, 5.74) is 13.8. The maximum Gasteiger partial charge on any atom is 0.114 e. The van der Waals surface area contributed by atoms with Crippen LogP contribution in [0.4, 0.5) is 0 Å². The number of nitrogens with zero attached hydrogens (tertiary/aromatic N) is 2. The summed E-state index contributed by atoms with van der Waals surface area (Å²) in [5, 5.41) is 4.90. The first-order chi connectivity index (χ1) is 37.0. The lowest BCUT2D eigenvalue weighted by atomic mass is 10.0. The molecular formula is C66H88N2S7. The van der Waals surface area contributed by atoms with E-state index >= 15 is 0 Å². The second-order valence-corrected chi connectivity index (χ2v) is 28.0. The Morgan fingerprint density at radius 1 is 0.307 bits per heavy atom. The highest BCUT2D eigenvalue weighted by Crippen LogP contribution is 2.51. The van der Waals surface area contributed by atoms with Crippen LogP contribution >= 0.6 is 79.7 Å². The highest BCUT2D eigenvalue weighted by atomic mass is 32.1. The van der Waals surface area contributed by atoms with Gasteiger partial charge in [0, 0.05) is 59.9 Å². The molecule has 0 aliphatic carbocycles. The normalized spacial score (nSPS) is 11.9. The monoisotopic (exact) mass is 1130 g/mol. The molecule has 9 heteroatoms. The third-order valence-corrected chi connectivity index (χ3v) is 23.2. The fraction of sp³-hybridized carbons (Fsp3) is 0.545. The fourth-order valence-electron chi connectivity index (χ4n) is 10.8. The molecule has 0 amide bonds. The highest BCUT2D eigenvalue weighted by Gasteiger charge is 2.24. The van der Waals surface area contributed by atoms with Crippen LogP contribution in [-0.4, -0.2) is 8.75 Å². The van der Waals surface area contributed by atoms with Crippen LogP contribution in [0.25, 0.3) is 70.9 Å². The van der Waals surface area contributed by atoms with Gasteiger partial charge in [-0.2, -0.15) is 8.75 Å². The molecule has 2 nitrogen and oxygen atoms in total. The maximum absolute atomic E-state index is 5.15. The zero-order chi connectivity index (χ0) is 52.2. The van der Waals surface area contributed by atoms with Crippen molar-refractivity contribution in [3.63, 3.8) is 0 Å². The van der Waals surface area contributed by atoms with E-state index in [2.05, 4.69) is 124 Å². The minimum absolute atomic E-state index is 1.06. The van der Waals surface area contributed by atoms with Crippen LogP contribution in [0.2, 0.25) is 0 Å². The van der Waals surface area contributed by atoms with Gasteiger partial charge in [0.15, 0.2) is 0 Å². The fourth-order valence-corrected chi connectivity index (χ4v) is 18.7. The molecule has 0 fully saturated rings. The van der Waals surface area contributed by atoms with Gasteiger partial charge < -0.3 is 0 Å². The van der Waals surface area contributed by atoms with Crippen molar-refractivity contribution in [1.82, 2.24) is 8.75 Å². The Bertz CT molecular complexity index is 2710. The number of hydrogen-bond acceptors (Lipinski definition) is 9. The molecule has 0 radical (unpaired) electrons. The number of hydrogen-bond donors (Lipinski definition) is 0. The summed E-state index contributed by atoms with van der Waals surface area (Å²) in [6.45, 7) is 13.9. The second kappa shape index (κ2) is 31.1. The van der Waals surface area contributed by atoms with Gasteiger partial charge in [-0.15, -0.1) is 68.0 Å². The first-order valence-corrected chi connectivity index (χ1v) is 35.6. The third kappa shape index (κ3) is 16.0. The van der Waals surface area contributed by atoms with Gasteiger partial charge in [-0.3, -0.25) is 0 Å². The Labute approximate surface area is 482 Å². The molecule has 7 heterocycles. The Balaban J connectivity index is 1.14. The Morgan fingerprint density at radius 2 is 0.600 bits per heavy atom. The molecule has 0 saturated heterocycles. The molecular weight excluding hydrogens is 1050 g/mol. The van der Waals surface area contributed by atoms with Crippen LogP contribution in [0.3, 0.4) is 0 Å². The van der Waals surface area contributed by atoms with Crippen molar-refractivity contribution in [2.75, 3.05) is 0 Å². The minimum Gasteiger partial charge on any atom is -0.172 e. The zero-order valence-corrected chi connectivity index (χ0v) is 52.5. The average Bonchev–Trinajstić information content (AvgIpc) is 4.29. The number of rotatable bonds is 36. The van der Waals surface area contributed by atoms with E-state index in [1.165, 1.54) is 274 Å². The summed E-state index contributed by atoms with van der Waals surface area (Å²) in [6, 6.07) is 20.2. The number of thiophene rings is 6. The van der Waals surface area contributed by atoms with Gasteiger partial charge >= 0.3 is 0 Å². The van der Waals surface area contributed by atoms with Gasteiger partial charge in [-0.25, -0.2) is 0 Å². The lowest BCUT2D eigenvalue weighted by Crippen LogP contribution is -1.87. The van der Waals surface area contributed by atoms with E-state index in [0.717, 1.165) is 23.9 Å². The lowest BCUT2D eigenvalue weighted by molar-refractivity contribution is 0.667. The van der Waals surface area contributed by atoms with Gasteiger partial charge in [-0.1, -0.05) is 169 Å². The predicted molar refractivity (Wildman–Crippen MR) is 344 cm³/mol. The largest absolute Gasteiger partial charge is 0.172 e. The Morgan fingerprint density at radius 3 is 0.933 bits per heavy atom. The molecule has 0 spiro atoms. The van der Waals surface area contributed by atoms with Gasteiger partial charge in [0.1, 0.15) is 11.0 Å². The first kappa shape index (κ1) is 58.4. The van der Waals surface area contributed by atoms with Crippen molar-refractivity contribution in [3.05, 3.63) is 92.7 Å². The van der Waals surface area contributed by atoms with E-state index in [1.54, 1.807) is 11.1 Å². The van der Waals surface area contributed by atoms with E-state index in [1.807, 2.05) is 45.3 Å². The zero-order valence-electron chi connectivity index (χ0n) is 46.7. The van der Waals surface area contributed by atoms with Crippen LogP contribution in [0.5, 0.6) is 0 Å². The van der Waals surface area contributed by atoms with E-state index in [-0.39, 0.29) is 0 Å². The standard InChI is InChI=1S/C66H88N2S7/c1-7-13-19-25-31-47-39-57(69-45-47)63-51(35-29-23-17-11-5)43-59(73-63)65-49(33-27-21-15-9-3)41-55(71-65)53-37-38-54(62-61(53)67-75-68-62)56-42-50(34-28-22-16-10-4)66(72-56)60-44-52(36-30-24-18-12-6)64(74-60)58-40-48(46-70-58)32-26-20-14-8-2/h37-46H,7-36H2,1-6H3. The third-order valence-electron chi connectivity index (χ3n) is 15.2. The molecule has 7 aromatic heterocycles. The highest BCUT2D eigenvalue weighted by molar-refractivity contribution is 7.28. The summed E-state index contributed by atoms with van der Waals surface area (Å²) in [6.07, 6.45) is 38.0. The summed E-state index contributed by atoms with van der Waals surface area (Å²) in [4.78, 5) is 14.5. The van der Waals surface area contributed by atoms with Crippen LogP contribution in [0.1, 0.15) is 229 Å². The molecule has 0 bridgehead atoms. The summed E-state index contributed by atoms with van der Waals surface area (Å²) >= 11 is 13.5. The molecule has 0 aliphatic heterocycles. The van der Waals surface area contributed by atoms with Crippen LogP contribution in [0, 0.1) is 0 Å². The average molecular weight is 1130 g/mol. The smallest absolute Gasteiger partial charge is 0.114 e. The van der Waals surface area contributed by atoms with E-state index in [9.17, 15) is 0 Å². The maximum atomic E-state index is 5.15. The number of unbranched alkanes of at least 4 members (excludes halogenated alkanes) is 18. The number of aromatic nitrogens is 2. The summed E-state index contributed by atoms with van der Waals surface area (Å²) in [5.74, 6) is 0. The molecule has 1 aromatic carbocycles. The van der Waals surface area contributed by atoms with Crippen LogP contribution in [0.15, 0.2) is 59.3 Å². The van der Waals surface area contributed by atoms with Crippen LogP contribution in [-0.2, 0) is 38.5 Å².